The molecule has 2 rings (SSSR count). The number of piperidine rings is 1. The SMILES string of the molecule is CC1CCC(C)N(C(CN)C2CCOCC2)C1. The second kappa shape index (κ2) is 6.17. The zero-order chi connectivity index (χ0) is 12.3. The summed E-state index contributed by atoms with van der Waals surface area (Å²) in [6, 6.07) is 1.29. The average Bonchev–Trinajstić information content (AvgIpc) is 2.36. The van der Waals surface area contributed by atoms with Crippen LogP contribution in [0.3, 0.4) is 0 Å². The summed E-state index contributed by atoms with van der Waals surface area (Å²) < 4.78 is 5.47. The number of rotatable bonds is 3. The summed E-state index contributed by atoms with van der Waals surface area (Å²) >= 11 is 0. The Kier molecular flexibility index (Phi) is 4.83. The maximum absolute atomic E-state index is 6.06. The van der Waals surface area contributed by atoms with E-state index < -0.39 is 0 Å². The van der Waals surface area contributed by atoms with Crippen LogP contribution in [-0.2, 0) is 4.74 Å². The number of nitrogens with two attached hydrogens (primary N) is 1. The van der Waals surface area contributed by atoms with E-state index in [1.54, 1.807) is 0 Å². The predicted octanol–water partition coefficient (Wildman–Crippen LogP) is 1.86. The van der Waals surface area contributed by atoms with Gasteiger partial charge in [0, 0.05) is 38.4 Å². The highest BCUT2D eigenvalue weighted by Gasteiger charge is 2.33. The monoisotopic (exact) mass is 240 g/mol. The van der Waals surface area contributed by atoms with E-state index in [2.05, 4.69) is 18.7 Å². The highest BCUT2D eigenvalue weighted by molar-refractivity contribution is 4.88. The maximum atomic E-state index is 6.06. The minimum atomic E-state index is 0.580. The molecule has 3 heteroatoms. The number of ether oxygens (including phenoxy) is 1. The molecular weight excluding hydrogens is 212 g/mol. The number of hydrogen-bond acceptors (Lipinski definition) is 3. The molecule has 0 radical (unpaired) electrons. The van der Waals surface area contributed by atoms with Gasteiger partial charge in [-0.15, -0.1) is 0 Å². The molecule has 2 heterocycles. The van der Waals surface area contributed by atoms with E-state index >= 15 is 0 Å². The van der Waals surface area contributed by atoms with Crippen molar-refractivity contribution in [3.8, 4) is 0 Å². The minimum Gasteiger partial charge on any atom is -0.381 e. The lowest BCUT2D eigenvalue weighted by Crippen LogP contribution is -2.54. The van der Waals surface area contributed by atoms with Gasteiger partial charge in [0.1, 0.15) is 0 Å². The summed E-state index contributed by atoms with van der Waals surface area (Å²) in [6.07, 6.45) is 5.10. The molecule has 0 amide bonds. The summed E-state index contributed by atoms with van der Waals surface area (Å²) in [4.78, 5) is 2.68. The Morgan fingerprint density at radius 2 is 1.88 bits per heavy atom. The van der Waals surface area contributed by atoms with Crippen LogP contribution >= 0.6 is 0 Å². The van der Waals surface area contributed by atoms with Gasteiger partial charge in [-0.25, -0.2) is 0 Å². The summed E-state index contributed by atoms with van der Waals surface area (Å²) in [6.45, 7) is 8.64. The van der Waals surface area contributed by atoms with Crippen molar-refractivity contribution >= 4 is 0 Å². The zero-order valence-electron chi connectivity index (χ0n) is 11.4. The van der Waals surface area contributed by atoms with Gasteiger partial charge in [-0.05, 0) is 44.4 Å². The Bertz CT molecular complexity index is 228. The first kappa shape index (κ1) is 13.3. The van der Waals surface area contributed by atoms with Gasteiger partial charge < -0.3 is 10.5 Å². The number of likely N-dealkylation sites (tertiary alicyclic amines) is 1. The molecule has 0 aromatic heterocycles. The molecule has 2 saturated heterocycles. The van der Waals surface area contributed by atoms with Gasteiger partial charge in [-0.1, -0.05) is 6.92 Å². The first-order chi connectivity index (χ1) is 8.22. The van der Waals surface area contributed by atoms with Gasteiger partial charge >= 0.3 is 0 Å². The Morgan fingerprint density at radius 1 is 1.18 bits per heavy atom. The van der Waals surface area contributed by atoms with Gasteiger partial charge in [0.05, 0.1) is 0 Å². The summed E-state index contributed by atoms with van der Waals surface area (Å²) in [5.41, 5.74) is 6.06. The molecule has 0 aromatic rings. The molecule has 2 aliphatic rings. The molecule has 2 fully saturated rings. The van der Waals surface area contributed by atoms with Crippen LogP contribution in [0.25, 0.3) is 0 Å². The molecule has 2 N–H and O–H groups in total. The Labute approximate surface area is 106 Å². The van der Waals surface area contributed by atoms with E-state index in [1.807, 2.05) is 0 Å². The molecule has 3 atom stereocenters. The fraction of sp³-hybridized carbons (Fsp3) is 1.00. The molecule has 100 valence electrons. The third-order valence-corrected chi connectivity index (χ3v) is 4.64. The van der Waals surface area contributed by atoms with E-state index in [-0.39, 0.29) is 0 Å². The highest BCUT2D eigenvalue weighted by atomic mass is 16.5. The Balaban J connectivity index is 1.99. The van der Waals surface area contributed by atoms with Crippen LogP contribution in [-0.4, -0.2) is 43.3 Å². The van der Waals surface area contributed by atoms with E-state index in [4.69, 9.17) is 10.5 Å². The fourth-order valence-electron chi connectivity index (χ4n) is 3.48. The van der Waals surface area contributed by atoms with Crippen molar-refractivity contribution in [1.82, 2.24) is 4.90 Å². The summed E-state index contributed by atoms with van der Waals surface area (Å²) in [7, 11) is 0. The molecule has 0 aromatic carbocycles. The molecule has 3 nitrogen and oxygen atoms in total. The number of hydrogen-bond donors (Lipinski definition) is 1. The molecule has 17 heavy (non-hydrogen) atoms. The topological polar surface area (TPSA) is 38.5 Å². The molecule has 0 saturated carbocycles. The molecule has 2 aliphatic heterocycles. The summed E-state index contributed by atoms with van der Waals surface area (Å²) in [5, 5.41) is 0. The first-order valence-corrected chi connectivity index (χ1v) is 7.26. The molecule has 0 bridgehead atoms. The van der Waals surface area contributed by atoms with Crippen molar-refractivity contribution in [2.24, 2.45) is 17.6 Å². The van der Waals surface area contributed by atoms with Crippen molar-refractivity contribution in [2.45, 2.75) is 51.6 Å². The maximum Gasteiger partial charge on any atom is 0.0469 e. The molecule has 3 unspecified atom stereocenters. The largest absolute Gasteiger partial charge is 0.381 e. The first-order valence-electron chi connectivity index (χ1n) is 7.26. The van der Waals surface area contributed by atoms with Crippen molar-refractivity contribution in [1.29, 1.82) is 0 Å². The van der Waals surface area contributed by atoms with Crippen molar-refractivity contribution in [2.75, 3.05) is 26.3 Å². The molecular formula is C14H28N2O. The average molecular weight is 240 g/mol. The third-order valence-electron chi connectivity index (χ3n) is 4.64. The predicted molar refractivity (Wildman–Crippen MR) is 71.0 cm³/mol. The van der Waals surface area contributed by atoms with Crippen molar-refractivity contribution < 1.29 is 4.74 Å². The van der Waals surface area contributed by atoms with E-state index in [0.29, 0.717) is 12.1 Å². The van der Waals surface area contributed by atoms with Gasteiger partial charge in [0.25, 0.3) is 0 Å². The van der Waals surface area contributed by atoms with Gasteiger partial charge in [0.2, 0.25) is 0 Å². The Morgan fingerprint density at radius 3 is 2.53 bits per heavy atom. The van der Waals surface area contributed by atoms with E-state index in [0.717, 1.165) is 31.6 Å². The van der Waals surface area contributed by atoms with Gasteiger partial charge in [0.15, 0.2) is 0 Å². The lowest BCUT2D eigenvalue weighted by molar-refractivity contribution is -0.00105. The lowest BCUT2D eigenvalue weighted by atomic mass is 9.86. The van der Waals surface area contributed by atoms with Gasteiger partial charge in [-0.3, -0.25) is 4.90 Å². The standard InChI is InChI=1S/C14H28N2O/c1-11-3-4-12(2)16(10-11)14(9-15)13-5-7-17-8-6-13/h11-14H,3-10,15H2,1-2H3. The van der Waals surface area contributed by atoms with Crippen LogP contribution in [0.4, 0.5) is 0 Å². The second-order valence-electron chi connectivity index (χ2n) is 5.98. The highest BCUT2D eigenvalue weighted by Crippen LogP contribution is 2.29. The number of nitrogens with zero attached hydrogens (tertiary/aromatic N) is 1. The minimum absolute atomic E-state index is 0.580. The smallest absolute Gasteiger partial charge is 0.0469 e. The van der Waals surface area contributed by atoms with Crippen LogP contribution in [0.2, 0.25) is 0 Å². The van der Waals surface area contributed by atoms with Crippen molar-refractivity contribution in [3.05, 3.63) is 0 Å². The Hall–Kier alpha value is -0.120. The van der Waals surface area contributed by atoms with Crippen molar-refractivity contribution in [3.63, 3.8) is 0 Å². The van der Waals surface area contributed by atoms with E-state index in [9.17, 15) is 0 Å². The quantitative estimate of drug-likeness (QED) is 0.818. The van der Waals surface area contributed by atoms with Gasteiger partial charge in [-0.2, -0.15) is 0 Å². The fourth-order valence-corrected chi connectivity index (χ4v) is 3.48. The van der Waals surface area contributed by atoms with Crippen LogP contribution < -0.4 is 5.73 Å². The van der Waals surface area contributed by atoms with Crippen LogP contribution in [0, 0.1) is 11.8 Å². The third kappa shape index (κ3) is 3.21. The van der Waals surface area contributed by atoms with Crippen LogP contribution in [0.1, 0.15) is 39.5 Å². The van der Waals surface area contributed by atoms with Crippen LogP contribution in [0.5, 0.6) is 0 Å². The second-order valence-corrected chi connectivity index (χ2v) is 5.98. The van der Waals surface area contributed by atoms with E-state index in [1.165, 1.54) is 32.2 Å². The lowest BCUT2D eigenvalue weighted by Gasteiger charge is -2.45. The van der Waals surface area contributed by atoms with Crippen LogP contribution in [0.15, 0.2) is 0 Å². The molecule has 0 spiro atoms. The summed E-state index contributed by atoms with van der Waals surface area (Å²) in [5.74, 6) is 1.58. The zero-order valence-corrected chi connectivity index (χ0v) is 11.4. The normalized spacial score (nSPS) is 34.8. The molecule has 0 aliphatic carbocycles.